The van der Waals surface area contributed by atoms with E-state index in [2.05, 4.69) is 22.5 Å². The van der Waals surface area contributed by atoms with E-state index in [1.165, 1.54) is 5.56 Å². The fourth-order valence-corrected chi connectivity index (χ4v) is 3.23. The summed E-state index contributed by atoms with van der Waals surface area (Å²) in [5.74, 6) is -0.115. The summed E-state index contributed by atoms with van der Waals surface area (Å²) >= 11 is 0. The number of carbonyl (C=O) groups excluding carboxylic acids is 2. The first-order valence-electron chi connectivity index (χ1n) is 9.42. The van der Waals surface area contributed by atoms with E-state index in [-0.39, 0.29) is 11.8 Å². The van der Waals surface area contributed by atoms with Gasteiger partial charge in [-0.2, -0.15) is 0 Å². The summed E-state index contributed by atoms with van der Waals surface area (Å²) in [6, 6.07) is 7.80. The summed E-state index contributed by atoms with van der Waals surface area (Å²) in [7, 11) is 0. The van der Waals surface area contributed by atoms with Crippen molar-refractivity contribution in [2.24, 2.45) is 0 Å². The molecule has 0 aliphatic carbocycles. The van der Waals surface area contributed by atoms with E-state index in [9.17, 15) is 9.59 Å². The Morgan fingerprint density at radius 1 is 1.12 bits per heavy atom. The summed E-state index contributed by atoms with van der Waals surface area (Å²) in [5, 5.41) is 5.77. The van der Waals surface area contributed by atoms with Gasteiger partial charge in [0, 0.05) is 18.8 Å². The molecule has 0 unspecified atom stereocenters. The van der Waals surface area contributed by atoms with Crippen molar-refractivity contribution in [2.75, 3.05) is 11.9 Å². The highest BCUT2D eigenvalue weighted by Gasteiger charge is 2.27. The van der Waals surface area contributed by atoms with Crippen molar-refractivity contribution in [1.29, 1.82) is 0 Å². The first-order chi connectivity index (χ1) is 12.6. The fourth-order valence-electron chi connectivity index (χ4n) is 3.23. The minimum Gasteiger partial charge on any atom is -0.349 e. The maximum absolute atomic E-state index is 12.8. The molecule has 6 nitrogen and oxygen atoms in total. The van der Waals surface area contributed by atoms with Crippen molar-refractivity contribution in [3.8, 4) is 0 Å². The van der Waals surface area contributed by atoms with Gasteiger partial charge in [0.1, 0.15) is 0 Å². The minimum absolute atomic E-state index is 0.207. The molecular formula is C20H26N4O2. The molecule has 1 aromatic heterocycles. The number of nitrogens with zero attached hydrogens (tertiary/aromatic N) is 2. The van der Waals surface area contributed by atoms with Crippen LogP contribution < -0.4 is 10.6 Å². The zero-order valence-corrected chi connectivity index (χ0v) is 15.5. The van der Waals surface area contributed by atoms with Crippen LogP contribution in [0.4, 0.5) is 5.69 Å². The van der Waals surface area contributed by atoms with Crippen LogP contribution in [-0.2, 0) is 19.4 Å². The van der Waals surface area contributed by atoms with E-state index in [4.69, 9.17) is 0 Å². The molecule has 1 aliphatic rings. The van der Waals surface area contributed by atoms with Gasteiger partial charge in [-0.15, -0.1) is 0 Å². The second-order valence-electron chi connectivity index (χ2n) is 6.60. The maximum Gasteiger partial charge on any atom is 0.287 e. The number of anilines is 1. The number of hydrogen-bond donors (Lipinski definition) is 2. The van der Waals surface area contributed by atoms with Crippen LogP contribution in [0.2, 0.25) is 0 Å². The molecule has 0 saturated heterocycles. The number of nitrogens with one attached hydrogen (secondary N) is 2. The lowest BCUT2D eigenvalue weighted by Crippen LogP contribution is -2.28. The van der Waals surface area contributed by atoms with E-state index in [1.807, 2.05) is 35.8 Å². The number of fused-ring (bicyclic) bond motifs is 1. The maximum atomic E-state index is 12.8. The Morgan fingerprint density at radius 3 is 2.58 bits per heavy atom. The third-order valence-corrected chi connectivity index (χ3v) is 4.69. The van der Waals surface area contributed by atoms with Crippen LogP contribution in [0.5, 0.6) is 0 Å². The number of benzene rings is 1. The van der Waals surface area contributed by atoms with Gasteiger partial charge >= 0.3 is 0 Å². The molecule has 0 atom stereocenters. The van der Waals surface area contributed by atoms with Gasteiger partial charge in [-0.05, 0) is 49.8 Å². The SMILES string of the molecule is CCCNC(=O)c1nc(C(=O)Nc2ccc(CC)cc2)c2n1CCCC2. The van der Waals surface area contributed by atoms with Gasteiger partial charge in [0.15, 0.2) is 11.5 Å². The minimum atomic E-state index is -0.255. The molecule has 138 valence electrons. The van der Waals surface area contributed by atoms with E-state index in [1.54, 1.807) is 0 Å². The van der Waals surface area contributed by atoms with E-state index in [0.717, 1.165) is 50.0 Å². The van der Waals surface area contributed by atoms with Crippen molar-refractivity contribution < 1.29 is 9.59 Å². The van der Waals surface area contributed by atoms with Gasteiger partial charge in [-0.3, -0.25) is 9.59 Å². The molecule has 0 saturated carbocycles. The molecule has 0 spiro atoms. The van der Waals surface area contributed by atoms with Crippen LogP contribution in [-0.4, -0.2) is 27.9 Å². The highest BCUT2D eigenvalue weighted by molar-refractivity contribution is 6.05. The van der Waals surface area contributed by atoms with Gasteiger partial charge in [0.25, 0.3) is 11.8 Å². The normalized spacial score (nSPS) is 13.2. The number of rotatable bonds is 6. The van der Waals surface area contributed by atoms with E-state index in [0.29, 0.717) is 18.1 Å². The molecule has 1 aliphatic heterocycles. The highest BCUT2D eigenvalue weighted by atomic mass is 16.2. The second kappa shape index (κ2) is 8.17. The van der Waals surface area contributed by atoms with Crippen molar-refractivity contribution in [3.05, 3.63) is 47.0 Å². The summed E-state index contributed by atoms with van der Waals surface area (Å²) in [6.07, 6.45) is 4.59. The molecule has 1 aromatic carbocycles. The number of imidazole rings is 1. The Hall–Kier alpha value is -2.63. The Kier molecular flexibility index (Phi) is 5.71. The molecule has 0 fully saturated rings. The van der Waals surface area contributed by atoms with Crippen LogP contribution in [0.15, 0.2) is 24.3 Å². The number of aryl methyl sites for hydroxylation is 1. The summed E-state index contributed by atoms with van der Waals surface area (Å²) in [6.45, 7) is 5.43. The highest BCUT2D eigenvalue weighted by Crippen LogP contribution is 2.22. The molecule has 2 aromatic rings. The lowest BCUT2D eigenvalue weighted by molar-refractivity contribution is 0.0937. The molecule has 3 rings (SSSR count). The Bertz CT molecular complexity index is 793. The average Bonchev–Trinajstić information content (AvgIpc) is 3.06. The Balaban J connectivity index is 1.84. The van der Waals surface area contributed by atoms with E-state index < -0.39 is 0 Å². The standard InChI is InChI=1S/C20H26N4O2/c1-3-12-21-20(26)18-23-17(16-7-5-6-13-24(16)18)19(25)22-15-10-8-14(4-2)9-11-15/h8-11H,3-7,12-13H2,1-2H3,(H,21,26)(H,22,25). The average molecular weight is 354 g/mol. The third-order valence-electron chi connectivity index (χ3n) is 4.69. The number of carbonyl (C=O) groups is 2. The quantitative estimate of drug-likeness (QED) is 0.836. The zero-order chi connectivity index (χ0) is 18.5. The molecule has 26 heavy (non-hydrogen) atoms. The molecule has 2 N–H and O–H groups in total. The number of amides is 2. The lowest BCUT2D eigenvalue weighted by atomic mass is 10.1. The molecular weight excluding hydrogens is 328 g/mol. The van der Waals surface area contributed by atoms with Crippen molar-refractivity contribution in [2.45, 2.75) is 52.5 Å². The second-order valence-corrected chi connectivity index (χ2v) is 6.60. The molecule has 2 heterocycles. The topological polar surface area (TPSA) is 76.0 Å². The lowest BCUT2D eigenvalue weighted by Gasteiger charge is -2.17. The van der Waals surface area contributed by atoms with Crippen molar-refractivity contribution in [3.63, 3.8) is 0 Å². The smallest absolute Gasteiger partial charge is 0.287 e. The summed E-state index contributed by atoms with van der Waals surface area (Å²) in [4.78, 5) is 29.6. The Labute approximate surface area is 154 Å². The monoisotopic (exact) mass is 354 g/mol. The number of aromatic nitrogens is 2. The molecule has 0 radical (unpaired) electrons. The van der Waals surface area contributed by atoms with Gasteiger partial charge < -0.3 is 15.2 Å². The van der Waals surface area contributed by atoms with Crippen LogP contribution >= 0.6 is 0 Å². The fraction of sp³-hybridized carbons (Fsp3) is 0.450. The van der Waals surface area contributed by atoms with Crippen LogP contribution in [0.1, 0.15) is 65.5 Å². The van der Waals surface area contributed by atoms with Gasteiger partial charge in [-0.25, -0.2) is 4.98 Å². The summed E-state index contributed by atoms with van der Waals surface area (Å²) in [5.41, 5.74) is 3.19. The number of hydrogen-bond acceptors (Lipinski definition) is 3. The first kappa shape index (κ1) is 18.2. The van der Waals surface area contributed by atoms with Gasteiger partial charge in [-0.1, -0.05) is 26.0 Å². The van der Waals surface area contributed by atoms with Crippen LogP contribution in [0.25, 0.3) is 0 Å². The third kappa shape index (κ3) is 3.79. The molecule has 0 bridgehead atoms. The van der Waals surface area contributed by atoms with E-state index >= 15 is 0 Å². The molecule has 2 amide bonds. The zero-order valence-electron chi connectivity index (χ0n) is 15.5. The predicted octanol–water partition coefficient (Wildman–Crippen LogP) is 3.17. The first-order valence-corrected chi connectivity index (χ1v) is 9.42. The summed E-state index contributed by atoms with van der Waals surface area (Å²) < 4.78 is 1.91. The largest absolute Gasteiger partial charge is 0.349 e. The predicted molar refractivity (Wildman–Crippen MR) is 102 cm³/mol. The molecule has 6 heteroatoms. The van der Waals surface area contributed by atoms with Gasteiger partial charge in [0.05, 0.1) is 5.69 Å². The van der Waals surface area contributed by atoms with Crippen LogP contribution in [0, 0.1) is 0 Å². The van der Waals surface area contributed by atoms with Crippen LogP contribution in [0.3, 0.4) is 0 Å². The van der Waals surface area contributed by atoms with Crippen molar-refractivity contribution in [1.82, 2.24) is 14.9 Å². The van der Waals surface area contributed by atoms with Gasteiger partial charge in [0.2, 0.25) is 0 Å². The Morgan fingerprint density at radius 2 is 1.88 bits per heavy atom. The van der Waals surface area contributed by atoms with Crippen molar-refractivity contribution >= 4 is 17.5 Å².